The Bertz CT molecular complexity index is 549. The number of carboxylic acid groups (broad SMARTS) is 1. The molecule has 1 rings (SSSR count). The Hall–Kier alpha value is -1.45. The monoisotopic (exact) mass is 339 g/mol. The molecule has 0 aliphatic heterocycles. The lowest BCUT2D eigenvalue weighted by molar-refractivity contribution is -0.164. The van der Waals surface area contributed by atoms with Gasteiger partial charge in [0, 0.05) is 5.56 Å². The lowest BCUT2D eigenvalue weighted by Crippen LogP contribution is -2.60. The number of carbonyl (C=O) groups excluding carboxylic acids is 1. The minimum atomic E-state index is -2.30. The van der Waals surface area contributed by atoms with Crippen LogP contribution < -0.4 is 4.98 Å². The molecule has 22 heavy (non-hydrogen) atoms. The molecule has 1 amide bonds. The van der Waals surface area contributed by atoms with Crippen LogP contribution in [-0.2, 0) is 19.6 Å². The van der Waals surface area contributed by atoms with Gasteiger partial charge in [0.2, 0.25) is 0 Å². The van der Waals surface area contributed by atoms with Crippen molar-refractivity contribution in [3.05, 3.63) is 35.9 Å². The second-order valence-corrected chi connectivity index (χ2v) is 16.4. The van der Waals surface area contributed by atoms with E-state index in [1.54, 1.807) is 30.3 Å². The number of rotatable bonds is 6. The summed E-state index contributed by atoms with van der Waals surface area (Å²) in [6, 6.07) is 8.45. The smallest absolute Gasteiger partial charge is 0.349 e. The topological polar surface area (TPSA) is 75.6 Å². The number of hydrogen-bond acceptors (Lipinski definition) is 3. The van der Waals surface area contributed by atoms with E-state index in [9.17, 15) is 14.7 Å². The van der Waals surface area contributed by atoms with Crippen molar-refractivity contribution < 1.29 is 19.1 Å². The fourth-order valence-electron chi connectivity index (χ4n) is 2.06. The van der Waals surface area contributed by atoms with Gasteiger partial charge in [-0.1, -0.05) is 50.0 Å². The van der Waals surface area contributed by atoms with Crippen LogP contribution >= 0.6 is 0 Å². The van der Waals surface area contributed by atoms with Crippen molar-refractivity contribution >= 4 is 28.4 Å². The van der Waals surface area contributed by atoms with E-state index in [0.717, 1.165) is 0 Å². The highest BCUT2D eigenvalue weighted by Gasteiger charge is 2.52. The molecule has 7 heteroatoms. The molecule has 5 nitrogen and oxygen atoms in total. The van der Waals surface area contributed by atoms with E-state index in [0.29, 0.717) is 5.56 Å². The van der Waals surface area contributed by atoms with Gasteiger partial charge in [-0.2, -0.15) is 0 Å². The highest BCUT2D eigenvalue weighted by atomic mass is 28.4. The fraction of sp³-hybridized carbons (Fsp3) is 0.467. The Balaban J connectivity index is 3.47. The molecule has 0 aromatic heterocycles. The second kappa shape index (κ2) is 6.35. The summed E-state index contributed by atoms with van der Waals surface area (Å²) in [6.07, 6.45) is 0. The average molecular weight is 340 g/mol. The van der Waals surface area contributed by atoms with E-state index in [1.165, 1.54) is 0 Å². The fourth-order valence-corrected chi connectivity index (χ4v) is 4.14. The molecule has 1 unspecified atom stereocenters. The zero-order valence-corrected chi connectivity index (χ0v) is 16.1. The molecule has 0 saturated heterocycles. The molecule has 0 saturated carbocycles. The van der Waals surface area contributed by atoms with Gasteiger partial charge >= 0.3 is 5.97 Å². The van der Waals surface area contributed by atoms with Crippen molar-refractivity contribution in [1.29, 1.82) is 0 Å². The summed E-state index contributed by atoms with van der Waals surface area (Å²) < 4.78 is 5.93. The predicted molar refractivity (Wildman–Crippen MR) is 91.7 cm³/mol. The maximum atomic E-state index is 12.8. The minimum Gasteiger partial charge on any atom is -0.478 e. The van der Waals surface area contributed by atoms with Gasteiger partial charge in [-0.25, -0.2) is 4.79 Å². The SMILES string of the molecule is C[Si](C)(C)NC(=O)C(O[Si](C)(C)C)(C(=O)O)c1ccccc1. The number of carbonyl (C=O) groups is 2. The highest BCUT2D eigenvalue weighted by molar-refractivity contribution is 6.76. The molecule has 0 aliphatic carbocycles. The number of nitrogens with one attached hydrogen (secondary N) is 1. The second-order valence-electron chi connectivity index (χ2n) is 7.27. The lowest BCUT2D eigenvalue weighted by Gasteiger charge is -2.36. The first-order chi connectivity index (χ1) is 9.88. The van der Waals surface area contributed by atoms with Gasteiger partial charge in [0.1, 0.15) is 8.24 Å². The van der Waals surface area contributed by atoms with E-state index < -0.39 is 34.0 Å². The Kier molecular flexibility index (Phi) is 5.37. The van der Waals surface area contributed by atoms with Crippen molar-refractivity contribution in [3.8, 4) is 0 Å². The van der Waals surface area contributed by atoms with Crippen LogP contribution in [0.4, 0.5) is 0 Å². The zero-order chi connectivity index (χ0) is 17.2. The average Bonchev–Trinajstić information content (AvgIpc) is 2.33. The Labute approximate surface area is 133 Å². The van der Waals surface area contributed by atoms with Crippen LogP contribution in [0.1, 0.15) is 5.56 Å². The number of hydrogen-bond donors (Lipinski definition) is 2. The van der Waals surface area contributed by atoms with Gasteiger partial charge in [0.15, 0.2) is 8.32 Å². The number of amides is 1. The first kappa shape index (κ1) is 18.6. The van der Waals surface area contributed by atoms with Crippen LogP contribution in [0.25, 0.3) is 0 Å². The molecule has 0 aliphatic rings. The third kappa shape index (κ3) is 4.52. The first-order valence-corrected chi connectivity index (χ1v) is 14.1. The van der Waals surface area contributed by atoms with Gasteiger partial charge in [0.25, 0.3) is 11.5 Å². The van der Waals surface area contributed by atoms with Crippen molar-refractivity contribution in [2.75, 3.05) is 0 Å². The molecule has 0 fully saturated rings. The maximum absolute atomic E-state index is 12.8. The molecule has 0 spiro atoms. The molecule has 0 bridgehead atoms. The summed E-state index contributed by atoms with van der Waals surface area (Å²) in [7, 11) is -4.31. The Morgan fingerprint density at radius 3 is 1.91 bits per heavy atom. The van der Waals surface area contributed by atoms with Gasteiger partial charge in [0.05, 0.1) is 0 Å². The van der Waals surface area contributed by atoms with Crippen LogP contribution in [0.3, 0.4) is 0 Å². The van der Waals surface area contributed by atoms with E-state index in [-0.39, 0.29) is 0 Å². The van der Waals surface area contributed by atoms with Crippen molar-refractivity contribution in [1.82, 2.24) is 4.98 Å². The molecule has 0 radical (unpaired) electrons. The number of carboxylic acids is 1. The summed E-state index contributed by atoms with van der Waals surface area (Å²) in [5, 5.41) is 9.86. The van der Waals surface area contributed by atoms with Crippen LogP contribution in [0.2, 0.25) is 39.3 Å². The van der Waals surface area contributed by atoms with Crippen LogP contribution in [0, 0.1) is 0 Å². The molecular weight excluding hydrogens is 314 g/mol. The predicted octanol–water partition coefficient (Wildman–Crippen LogP) is 2.77. The van der Waals surface area contributed by atoms with Gasteiger partial charge in [-0.05, 0) is 19.6 Å². The Morgan fingerprint density at radius 1 is 1.05 bits per heavy atom. The van der Waals surface area contributed by atoms with Crippen molar-refractivity contribution in [3.63, 3.8) is 0 Å². The number of benzene rings is 1. The van der Waals surface area contributed by atoms with E-state index in [1.807, 2.05) is 39.3 Å². The van der Waals surface area contributed by atoms with Crippen molar-refractivity contribution in [2.24, 2.45) is 0 Å². The highest BCUT2D eigenvalue weighted by Crippen LogP contribution is 2.31. The largest absolute Gasteiger partial charge is 0.478 e. The lowest BCUT2D eigenvalue weighted by atomic mass is 9.93. The molecular formula is C15H25NO4Si2. The molecule has 1 aromatic rings. The first-order valence-electron chi connectivity index (χ1n) is 7.20. The third-order valence-corrected chi connectivity index (χ3v) is 4.64. The molecule has 1 atom stereocenters. The number of aliphatic carboxylic acids is 1. The normalized spacial score (nSPS) is 15.0. The van der Waals surface area contributed by atoms with Crippen molar-refractivity contribution in [2.45, 2.75) is 44.9 Å². The standard InChI is InChI=1S/C15H25NO4Si2/c1-21(2,3)16-13(17)15(14(18)19,20-22(4,5)6)12-10-8-7-9-11-12/h7-11H,1-6H3,(H,16,17)(H,18,19). The summed E-state index contributed by atoms with van der Waals surface area (Å²) >= 11 is 0. The van der Waals surface area contributed by atoms with Crippen LogP contribution in [0.5, 0.6) is 0 Å². The maximum Gasteiger partial charge on any atom is 0.349 e. The Morgan fingerprint density at radius 2 is 1.55 bits per heavy atom. The third-order valence-electron chi connectivity index (χ3n) is 2.75. The molecule has 122 valence electrons. The van der Waals surface area contributed by atoms with Crippen LogP contribution in [0.15, 0.2) is 30.3 Å². The van der Waals surface area contributed by atoms with Gasteiger partial charge < -0.3 is 14.5 Å². The van der Waals surface area contributed by atoms with E-state index in [2.05, 4.69) is 4.98 Å². The molecule has 1 aromatic carbocycles. The van der Waals surface area contributed by atoms with Crippen LogP contribution in [-0.4, -0.2) is 33.5 Å². The minimum absolute atomic E-state index is 0.348. The van der Waals surface area contributed by atoms with Gasteiger partial charge in [-0.3, -0.25) is 4.79 Å². The summed E-state index contributed by atoms with van der Waals surface area (Å²) in [5.74, 6) is -1.87. The zero-order valence-electron chi connectivity index (χ0n) is 14.1. The summed E-state index contributed by atoms with van der Waals surface area (Å²) in [6.45, 7) is 11.4. The van der Waals surface area contributed by atoms with Gasteiger partial charge in [-0.15, -0.1) is 0 Å². The van der Waals surface area contributed by atoms with E-state index >= 15 is 0 Å². The molecule has 0 heterocycles. The quantitative estimate of drug-likeness (QED) is 0.617. The summed E-state index contributed by atoms with van der Waals surface area (Å²) in [4.78, 5) is 27.8. The summed E-state index contributed by atoms with van der Waals surface area (Å²) in [5.41, 5.74) is -1.65. The molecule has 2 N–H and O–H groups in total. The van der Waals surface area contributed by atoms with E-state index in [4.69, 9.17) is 4.43 Å².